The highest BCUT2D eigenvalue weighted by Gasteiger charge is 2.20. The Morgan fingerprint density at radius 2 is 1.83 bits per heavy atom. The number of likely N-dealkylation sites (N-methyl/N-ethyl adjacent to an activating group) is 1. The lowest BCUT2D eigenvalue weighted by molar-refractivity contribution is -0.127. The number of carbonyl (C=O) groups excluding carboxylic acids is 1. The third-order valence-electron chi connectivity index (χ3n) is 4.69. The zero-order valence-electron chi connectivity index (χ0n) is 17.9. The van der Waals surface area contributed by atoms with E-state index in [-0.39, 0.29) is 36.4 Å². The predicted molar refractivity (Wildman–Crippen MR) is 137 cm³/mol. The topological polar surface area (TPSA) is 60.0 Å². The van der Waals surface area contributed by atoms with Crippen LogP contribution < -0.4 is 10.6 Å². The number of likely N-dealkylation sites (tertiary alicyclic amines) is 1. The molecule has 0 spiro atoms. The molecule has 1 heterocycles. The minimum absolute atomic E-state index is 0. The van der Waals surface area contributed by atoms with Gasteiger partial charge in [-0.1, -0.05) is 35.4 Å². The molecule has 1 aliphatic heterocycles. The zero-order chi connectivity index (χ0) is 21.4. The summed E-state index contributed by atoms with van der Waals surface area (Å²) in [5, 5.41) is 8.05. The summed E-state index contributed by atoms with van der Waals surface area (Å²) < 4.78 is 0. The second-order valence-corrected chi connectivity index (χ2v) is 8.61. The third kappa shape index (κ3) is 9.85. The Morgan fingerprint density at radius 3 is 2.37 bits per heavy atom. The van der Waals surface area contributed by atoms with Crippen molar-refractivity contribution in [1.29, 1.82) is 0 Å². The van der Waals surface area contributed by atoms with Gasteiger partial charge in [-0.05, 0) is 43.5 Å². The Labute approximate surface area is 207 Å². The van der Waals surface area contributed by atoms with E-state index in [0.29, 0.717) is 28.6 Å². The highest BCUT2D eigenvalue weighted by atomic mass is 127. The summed E-state index contributed by atoms with van der Waals surface area (Å²) in [4.78, 5) is 20.2. The van der Waals surface area contributed by atoms with Crippen molar-refractivity contribution in [3.63, 3.8) is 0 Å². The molecular formula is C21H32Cl2IN5O. The van der Waals surface area contributed by atoms with Crippen LogP contribution in [0, 0.1) is 0 Å². The summed E-state index contributed by atoms with van der Waals surface area (Å²) in [5.74, 6) is 0.625. The number of carbonyl (C=O) groups is 1. The molecule has 1 saturated heterocycles. The largest absolute Gasteiger partial charge is 0.354 e. The van der Waals surface area contributed by atoms with Crippen molar-refractivity contribution in [2.24, 2.45) is 4.99 Å². The van der Waals surface area contributed by atoms with Gasteiger partial charge in [0, 0.05) is 56.4 Å². The normalized spacial score (nSPS) is 15.3. The van der Waals surface area contributed by atoms with Gasteiger partial charge in [-0.25, -0.2) is 4.99 Å². The van der Waals surface area contributed by atoms with Crippen LogP contribution in [0.4, 0.5) is 0 Å². The molecule has 1 aromatic carbocycles. The summed E-state index contributed by atoms with van der Waals surface area (Å²) >= 11 is 12.2. The molecule has 168 valence electrons. The van der Waals surface area contributed by atoms with Crippen LogP contribution >= 0.6 is 47.2 Å². The Morgan fingerprint density at radius 1 is 1.23 bits per heavy atom. The highest BCUT2D eigenvalue weighted by Crippen LogP contribution is 2.21. The van der Waals surface area contributed by atoms with Gasteiger partial charge in [-0.3, -0.25) is 9.69 Å². The molecule has 1 fully saturated rings. The van der Waals surface area contributed by atoms with Crippen LogP contribution in [0.2, 0.25) is 10.0 Å². The fraction of sp³-hybridized carbons (Fsp3) is 0.524. The van der Waals surface area contributed by atoms with E-state index in [9.17, 15) is 4.79 Å². The number of hydrogen-bond acceptors (Lipinski definition) is 3. The Kier molecular flexibility index (Phi) is 12.1. The second-order valence-electron chi connectivity index (χ2n) is 7.74. The van der Waals surface area contributed by atoms with Crippen molar-refractivity contribution in [1.82, 2.24) is 20.4 Å². The van der Waals surface area contributed by atoms with Gasteiger partial charge in [0.2, 0.25) is 5.91 Å². The first-order valence-electron chi connectivity index (χ1n) is 9.79. The molecule has 0 atom stereocenters. The fourth-order valence-corrected chi connectivity index (χ4v) is 3.64. The van der Waals surface area contributed by atoms with Gasteiger partial charge in [-0.2, -0.15) is 0 Å². The maximum Gasteiger partial charge on any atom is 0.243 e. The first-order chi connectivity index (χ1) is 13.7. The van der Waals surface area contributed by atoms with Gasteiger partial charge in [0.1, 0.15) is 6.54 Å². The minimum Gasteiger partial charge on any atom is -0.354 e. The van der Waals surface area contributed by atoms with E-state index in [0.717, 1.165) is 43.6 Å². The molecular weight excluding hydrogens is 536 g/mol. The van der Waals surface area contributed by atoms with Crippen molar-refractivity contribution in [2.75, 3.05) is 40.3 Å². The quantitative estimate of drug-likeness (QED) is 0.228. The Hall–Kier alpha value is -1.03. The van der Waals surface area contributed by atoms with Gasteiger partial charge in [0.15, 0.2) is 5.96 Å². The molecule has 1 aromatic rings. The number of hydrogen-bond donors (Lipinski definition) is 2. The van der Waals surface area contributed by atoms with Crippen LogP contribution in [-0.2, 0) is 11.3 Å². The van der Waals surface area contributed by atoms with Gasteiger partial charge >= 0.3 is 0 Å². The molecule has 9 heteroatoms. The summed E-state index contributed by atoms with van der Waals surface area (Å²) in [5.41, 5.74) is 2.13. The molecule has 0 radical (unpaired) electrons. The molecule has 1 aliphatic rings. The smallest absolute Gasteiger partial charge is 0.243 e. The molecule has 2 N–H and O–H groups in total. The molecule has 30 heavy (non-hydrogen) atoms. The van der Waals surface area contributed by atoms with Crippen LogP contribution in [-0.4, -0.2) is 68.0 Å². The van der Waals surface area contributed by atoms with Gasteiger partial charge < -0.3 is 15.5 Å². The summed E-state index contributed by atoms with van der Waals surface area (Å²) in [6.07, 6.45) is 1.98. The highest BCUT2D eigenvalue weighted by molar-refractivity contribution is 14.0. The Bertz CT molecular complexity index is 729. The fourth-order valence-electron chi connectivity index (χ4n) is 3.06. The number of aliphatic imine (C=N–C) groups is 1. The number of guanidine groups is 1. The number of benzene rings is 1. The van der Waals surface area contributed by atoms with E-state index in [1.807, 2.05) is 19.1 Å². The van der Waals surface area contributed by atoms with Gasteiger partial charge in [-0.15, -0.1) is 24.0 Å². The first-order valence-corrected chi connectivity index (χ1v) is 10.5. The number of piperidine rings is 1. The number of nitrogens with zero attached hydrogens (tertiary/aromatic N) is 3. The lowest BCUT2D eigenvalue weighted by Crippen LogP contribution is -2.49. The standard InChI is InChI=1S/C21H31Cl2N5O.HI/c1-15(2)12-24-21(25-13-20(29)27(3)4)26-19-5-7-28(8-6-19)14-16-9-17(22)11-18(23)10-16;/h9-11,19H,1,5-8,12-14H2,2-4H3,(H2,24,25,26);1H. The van der Waals surface area contributed by atoms with Crippen LogP contribution in [0.3, 0.4) is 0 Å². The van der Waals surface area contributed by atoms with E-state index >= 15 is 0 Å². The summed E-state index contributed by atoms with van der Waals surface area (Å²) in [7, 11) is 3.46. The molecule has 0 bridgehead atoms. The molecule has 2 rings (SSSR count). The SMILES string of the molecule is C=C(C)CNC(=NCC(=O)N(C)C)NC1CCN(Cc2cc(Cl)cc(Cl)c2)CC1.I. The molecule has 0 aliphatic carbocycles. The second kappa shape index (κ2) is 13.4. The first kappa shape index (κ1) is 27.0. The summed E-state index contributed by atoms with van der Waals surface area (Å²) in [6.45, 7) is 9.37. The monoisotopic (exact) mass is 567 g/mol. The van der Waals surface area contributed by atoms with E-state index in [2.05, 4.69) is 27.1 Å². The third-order valence-corrected chi connectivity index (χ3v) is 5.12. The van der Waals surface area contributed by atoms with E-state index in [4.69, 9.17) is 23.2 Å². The van der Waals surface area contributed by atoms with Crippen molar-refractivity contribution in [2.45, 2.75) is 32.4 Å². The van der Waals surface area contributed by atoms with Crippen LogP contribution in [0.15, 0.2) is 35.3 Å². The van der Waals surface area contributed by atoms with Gasteiger partial charge in [0.05, 0.1) is 0 Å². The van der Waals surface area contributed by atoms with Crippen molar-refractivity contribution >= 4 is 59.0 Å². The minimum atomic E-state index is -0.0311. The molecule has 0 saturated carbocycles. The Balaban J connectivity index is 0.00000450. The van der Waals surface area contributed by atoms with Crippen LogP contribution in [0.1, 0.15) is 25.3 Å². The predicted octanol–water partition coefficient (Wildman–Crippen LogP) is 3.78. The maximum absolute atomic E-state index is 11.9. The molecule has 1 amide bonds. The van der Waals surface area contributed by atoms with Crippen LogP contribution in [0.5, 0.6) is 0 Å². The molecule has 0 aromatic heterocycles. The number of amides is 1. The average Bonchev–Trinajstić information content (AvgIpc) is 2.64. The van der Waals surface area contributed by atoms with E-state index < -0.39 is 0 Å². The van der Waals surface area contributed by atoms with Crippen molar-refractivity contribution in [3.8, 4) is 0 Å². The summed E-state index contributed by atoms with van der Waals surface area (Å²) in [6, 6.07) is 5.99. The molecule has 0 unspecified atom stereocenters. The van der Waals surface area contributed by atoms with Crippen molar-refractivity contribution in [3.05, 3.63) is 46.0 Å². The zero-order valence-corrected chi connectivity index (χ0v) is 21.7. The average molecular weight is 568 g/mol. The molecule has 6 nitrogen and oxygen atoms in total. The lowest BCUT2D eigenvalue weighted by Gasteiger charge is -2.33. The van der Waals surface area contributed by atoms with E-state index in [1.54, 1.807) is 25.1 Å². The number of rotatable bonds is 7. The lowest BCUT2D eigenvalue weighted by atomic mass is 10.0. The van der Waals surface area contributed by atoms with Crippen LogP contribution in [0.25, 0.3) is 0 Å². The van der Waals surface area contributed by atoms with Gasteiger partial charge in [0.25, 0.3) is 0 Å². The number of halogens is 3. The maximum atomic E-state index is 11.9. The van der Waals surface area contributed by atoms with E-state index in [1.165, 1.54) is 0 Å². The van der Waals surface area contributed by atoms with Crippen molar-refractivity contribution < 1.29 is 4.79 Å². The number of nitrogens with one attached hydrogen (secondary N) is 2.